The van der Waals surface area contributed by atoms with E-state index in [1.807, 2.05) is 44.2 Å². The van der Waals surface area contributed by atoms with E-state index in [9.17, 15) is 0 Å². The van der Waals surface area contributed by atoms with Gasteiger partial charge in [-0.25, -0.2) is 0 Å². The average molecular weight is 355 g/mol. The molecule has 2 aromatic heterocycles. The Kier molecular flexibility index (Phi) is 3.89. The number of nitrogens with zero attached hydrogens (tertiary/aromatic N) is 4. The van der Waals surface area contributed by atoms with Crippen LogP contribution in [0.1, 0.15) is 13.8 Å². The molecule has 0 atom stereocenters. The van der Waals surface area contributed by atoms with Gasteiger partial charge < -0.3 is 9.26 Å². The zero-order chi connectivity index (χ0) is 17.4. The minimum atomic E-state index is 0.0476. The van der Waals surface area contributed by atoms with E-state index in [2.05, 4.69) is 15.2 Å². The first-order valence-electron chi connectivity index (χ1n) is 7.85. The lowest BCUT2D eigenvalue weighted by atomic mass is 10.2. The zero-order valence-electron chi connectivity index (χ0n) is 13.7. The molecule has 25 heavy (non-hydrogen) atoms. The van der Waals surface area contributed by atoms with E-state index in [0.29, 0.717) is 22.6 Å². The van der Waals surface area contributed by atoms with Gasteiger partial charge >= 0.3 is 0 Å². The Hall–Kier alpha value is -2.86. The van der Waals surface area contributed by atoms with Crippen LogP contribution in [0.3, 0.4) is 0 Å². The van der Waals surface area contributed by atoms with Gasteiger partial charge in [0, 0.05) is 10.9 Å². The standard InChI is InChI=1S/C18H15ClN4O2/c1-11(2)24-16-8-7-12(9-14(16)19)17-21-18(22-25-17)23-15-6-4-3-5-13(15)10-20-23/h3-11H,1-2H3. The molecule has 0 saturated heterocycles. The second-order valence-corrected chi connectivity index (χ2v) is 6.23. The van der Waals surface area contributed by atoms with Gasteiger partial charge in [-0.15, -0.1) is 0 Å². The van der Waals surface area contributed by atoms with E-state index in [0.717, 1.165) is 16.5 Å². The van der Waals surface area contributed by atoms with Crippen molar-refractivity contribution >= 4 is 22.5 Å². The molecule has 0 aliphatic heterocycles. The fourth-order valence-corrected chi connectivity index (χ4v) is 2.76. The summed E-state index contributed by atoms with van der Waals surface area (Å²) in [6.45, 7) is 3.89. The van der Waals surface area contributed by atoms with Crippen molar-refractivity contribution in [2.75, 3.05) is 0 Å². The van der Waals surface area contributed by atoms with E-state index < -0.39 is 0 Å². The molecular weight excluding hydrogens is 340 g/mol. The molecule has 2 heterocycles. The van der Waals surface area contributed by atoms with Gasteiger partial charge in [0.2, 0.25) is 0 Å². The molecule has 4 rings (SSSR count). The lowest BCUT2D eigenvalue weighted by Gasteiger charge is -2.11. The maximum Gasteiger partial charge on any atom is 0.291 e. The van der Waals surface area contributed by atoms with Crippen molar-refractivity contribution in [3.8, 4) is 23.2 Å². The molecule has 0 aliphatic carbocycles. The van der Waals surface area contributed by atoms with Crippen LogP contribution in [0.25, 0.3) is 28.3 Å². The van der Waals surface area contributed by atoms with Crippen LogP contribution in [0.4, 0.5) is 0 Å². The van der Waals surface area contributed by atoms with Crippen LogP contribution in [0, 0.1) is 0 Å². The maximum absolute atomic E-state index is 6.28. The van der Waals surface area contributed by atoms with Crippen LogP contribution in [-0.4, -0.2) is 26.0 Å². The highest BCUT2D eigenvalue weighted by molar-refractivity contribution is 6.32. The maximum atomic E-state index is 6.28. The van der Waals surface area contributed by atoms with E-state index in [4.69, 9.17) is 20.9 Å². The van der Waals surface area contributed by atoms with Crippen LogP contribution in [-0.2, 0) is 0 Å². The molecule has 4 aromatic rings. The van der Waals surface area contributed by atoms with Crippen molar-refractivity contribution < 1.29 is 9.26 Å². The molecule has 0 radical (unpaired) electrons. The summed E-state index contributed by atoms with van der Waals surface area (Å²) < 4.78 is 12.7. The number of aromatic nitrogens is 4. The molecule has 0 aliphatic rings. The minimum Gasteiger partial charge on any atom is -0.489 e. The first kappa shape index (κ1) is 15.7. The molecule has 2 aromatic carbocycles. The van der Waals surface area contributed by atoms with Crippen LogP contribution in [0.2, 0.25) is 5.02 Å². The topological polar surface area (TPSA) is 66.0 Å². The third kappa shape index (κ3) is 2.96. The Bertz CT molecular complexity index is 1040. The Balaban J connectivity index is 1.68. The molecule has 6 nitrogen and oxygen atoms in total. The third-order valence-corrected chi connectivity index (χ3v) is 3.92. The first-order chi connectivity index (χ1) is 12.1. The SMILES string of the molecule is CC(C)Oc1ccc(-c2nc(-n3ncc4ccccc43)no2)cc1Cl. The summed E-state index contributed by atoms with van der Waals surface area (Å²) in [4.78, 5) is 4.43. The van der Waals surface area contributed by atoms with E-state index in [1.54, 1.807) is 23.0 Å². The summed E-state index contributed by atoms with van der Waals surface area (Å²) in [5.41, 5.74) is 1.63. The molecule has 0 fully saturated rings. The number of rotatable bonds is 4. The predicted octanol–water partition coefficient (Wildman–Crippen LogP) is 4.52. The Labute approximate surface area is 149 Å². The van der Waals surface area contributed by atoms with Gasteiger partial charge in [-0.2, -0.15) is 14.8 Å². The van der Waals surface area contributed by atoms with Gasteiger partial charge in [-0.3, -0.25) is 0 Å². The number of fused-ring (bicyclic) bond motifs is 1. The van der Waals surface area contributed by atoms with Crippen molar-refractivity contribution in [3.63, 3.8) is 0 Å². The molecule has 7 heteroatoms. The summed E-state index contributed by atoms with van der Waals surface area (Å²) in [6, 6.07) is 13.2. The molecule has 0 unspecified atom stereocenters. The van der Waals surface area contributed by atoms with Gasteiger partial charge in [0.25, 0.3) is 11.8 Å². The Morgan fingerprint density at radius 3 is 2.80 bits per heavy atom. The normalized spacial score (nSPS) is 11.4. The van der Waals surface area contributed by atoms with Gasteiger partial charge in [-0.05, 0) is 43.3 Å². The highest BCUT2D eigenvalue weighted by Crippen LogP contribution is 2.30. The number of benzene rings is 2. The van der Waals surface area contributed by atoms with Crippen LogP contribution < -0.4 is 4.74 Å². The number of ether oxygens (including phenoxy) is 1. The smallest absolute Gasteiger partial charge is 0.291 e. The summed E-state index contributed by atoms with van der Waals surface area (Å²) in [7, 11) is 0. The fraction of sp³-hybridized carbons (Fsp3) is 0.167. The molecule has 0 spiro atoms. The van der Waals surface area contributed by atoms with Gasteiger partial charge in [-0.1, -0.05) is 29.8 Å². The fourth-order valence-electron chi connectivity index (χ4n) is 2.53. The minimum absolute atomic E-state index is 0.0476. The molecule has 126 valence electrons. The molecule has 0 N–H and O–H groups in total. The second kappa shape index (κ2) is 6.22. The Morgan fingerprint density at radius 1 is 1.16 bits per heavy atom. The number of hydrogen-bond donors (Lipinski definition) is 0. The van der Waals surface area contributed by atoms with Crippen LogP contribution >= 0.6 is 11.6 Å². The van der Waals surface area contributed by atoms with Crippen molar-refractivity contribution in [3.05, 3.63) is 53.7 Å². The van der Waals surface area contributed by atoms with E-state index in [1.165, 1.54) is 0 Å². The van der Waals surface area contributed by atoms with Crippen LogP contribution in [0.5, 0.6) is 5.75 Å². The number of para-hydroxylation sites is 1. The summed E-state index contributed by atoms with van der Waals surface area (Å²) >= 11 is 6.28. The van der Waals surface area contributed by atoms with E-state index in [-0.39, 0.29) is 6.10 Å². The highest BCUT2D eigenvalue weighted by Gasteiger charge is 2.15. The average Bonchev–Trinajstić information content (AvgIpc) is 3.22. The van der Waals surface area contributed by atoms with Crippen molar-refractivity contribution in [2.45, 2.75) is 20.0 Å². The van der Waals surface area contributed by atoms with Crippen molar-refractivity contribution in [1.82, 2.24) is 19.9 Å². The second-order valence-electron chi connectivity index (χ2n) is 5.83. The predicted molar refractivity (Wildman–Crippen MR) is 95.1 cm³/mol. The lowest BCUT2D eigenvalue weighted by molar-refractivity contribution is 0.242. The highest BCUT2D eigenvalue weighted by atomic mass is 35.5. The summed E-state index contributed by atoms with van der Waals surface area (Å²) in [5.74, 6) is 1.36. The lowest BCUT2D eigenvalue weighted by Crippen LogP contribution is -2.05. The number of halogens is 1. The molecule has 0 bridgehead atoms. The van der Waals surface area contributed by atoms with Gasteiger partial charge in [0.05, 0.1) is 22.8 Å². The van der Waals surface area contributed by atoms with Crippen LogP contribution in [0.15, 0.2) is 53.2 Å². The molecular formula is C18H15ClN4O2. The van der Waals surface area contributed by atoms with E-state index >= 15 is 0 Å². The first-order valence-corrected chi connectivity index (χ1v) is 8.23. The quantitative estimate of drug-likeness (QED) is 0.539. The van der Waals surface area contributed by atoms with Gasteiger partial charge in [0.1, 0.15) is 5.75 Å². The Morgan fingerprint density at radius 2 is 2.00 bits per heavy atom. The van der Waals surface area contributed by atoms with Crippen molar-refractivity contribution in [1.29, 1.82) is 0 Å². The summed E-state index contributed by atoms with van der Waals surface area (Å²) in [5, 5.41) is 9.85. The number of hydrogen-bond acceptors (Lipinski definition) is 5. The van der Waals surface area contributed by atoms with Gasteiger partial charge in [0.15, 0.2) is 0 Å². The molecule has 0 amide bonds. The molecule has 0 saturated carbocycles. The zero-order valence-corrected chi connectivity index (χ0v) is 14.4. The summed E-state index contributed by atoms with van der Waals surface area (Å²) in [6.07, 6.45) is 1.81. The third-order valence-electron chi connectivity index (χ3n) is 3.62. The monoisotopic (exact) mass is 354 g/mol. The largest absolute Gasteiger partial charge is 0.489 e. The van der Waals surface area contributed by atoms with Crippen molar-refractivity contribution in [2.24, 2.45) is 0 Å².